The van der Waals surface area contributed by atoms with Crippen LogP contribution in [0.25, 0.3) is 22.5 Å². The number of benzene rings is 5. The molecule has 10 heteroatoms. The summed E-state index contributed by atoms with van der Waals surface area (Å²) in [5.74, 6) is 1.29. The first-order valence-electron chi connectivity index (χ1n) is 16.3. The summed E-state index contributed by atoms with van der Waals surface area (Å²) in [6, 6.07) is 34.3. The Labute approximate surface area is 312 Å². The molecule has 0 saturated carbocycles. The molecule has 1 aliphatic rings. The van der Waals surface area contributed by atoms with Crippen molar-refractivity contribution < 1.29 is 23.7 Å². The van der Waals surface area contributed by atoms with Crippen LogP contribution in [0.4, 0.5) is 0 Å². The number of carbonyl (C=O) groups is 1. The molecule has 51 heavy (non-hydrogen) atoms. The van der Waals surface area contributed by atoms with E-state index in [0.717, 1.165) is 36.6 Å². The lowest BCUT2D eigenvalue weighted by Crippen LogP contribution is -2.40. The van der Waals surface area contributed by atoms with Gasteiger partial charge in [0.15, 0.2) is 16.3 Å². The Kier molecular flexibility index (Phi) is 10.0. The molecule has 1 aliphatic heterocycles. The van der Waals surface area contributed by atoms with Crippen LogP contribution in [0.3, 0.4) is 0 Å². The van der Waals surface area contributed by atoms with Gasteiger partial charge in [0.05, 0.1) is 46.2 Å². The van der Waals surface area contributed by atoms with Crippen molar-refractivity contribution in [1.82, 2.24) is 4.57 Å². The highest BCUT2D eigenvalue weighted by Crippen LogP contribution is 2.37. The van der Waals surface area contributed by atoms with E-state index < -0.39 is 12.0 Å². The van der Waals surface area contributed by atoms with Gasteiger partial charge < -0.3 is 18.9 Å². The van der Waals surface area contributed by atoms with E-state index in [1.54, 1.807) is 25.7 Å². The predicted octanol–water partition coefficient (Wildman–Crippen LogP) is 7.29. The number of methoxy groups -OCH3 is 2. The summed E-state index contributed by atoms with van der Waals surface area (Å²) in [5.41, 5.74) is 3.77. The minimum Gasteiger partial charge on any atom is -0.497 e. The third-order valence-corrected chi connectivity index (χ3v) is 10.4. The number of nitrogens with zero attached hydrogens (tertiary/aromatic N) is 2. The van der Waals surface area contributed by atoms with E-state index in [1.165, 1.54) is 11.3 Å². The van der Waals surface area contributed by atoms with Crippen LogP contribution in [0.1, 0.15) is 35.2 Å². The SMILES string of the molecule is CCOC(=O)C1=C(c2ccccc2)N=c2s/c(=C\c3cc(I)c(OCc4cccc5ccccc45)c(OC)c3)c(=O)n2[C@@H]1c1ccc(OC)cc1. The molecule has 1 aromatic heterocycles. The molecule has 0 saturated heterocycles. The first-order chi connectivity index (χ1) is 24.9. The summed E-state index contributed by atoms with van der Waals surface area (Å²) >= 11 is 3.50. The van der Waals surface area contributed by atoms with Crippen molar-refractivity contribution in [2.75, 3.05) is 20.8 Å². The van der Waals surface area contributed by atoms with Gasteiger partial charge in [-0.25, -0.2) is 9.79 Å². The third kappa shape index (κ3) is 6.81. The molecule has 1 atom stereocenters. The number of ether oxygens (including phenoxy) is 4. The fourth-order valence-electron chi connectivity index (χ4n) is 6.22. The molecular formula is C41H33IN2O6S. The van der Waals surface area contributed by atoms with Gasteiger partial charge >= 0.3 is 5.97 Å². The number of esters is 1. The van der Waals surface area contributed by atoms with Gasteiger partial charge in [-0.15, -0.1) is 0 Å². The minimum absolute atomic E-state index is 0.173. The Balaban J connectivity index is 1.33. The Bertz CT molecular complexity index is 2470. The summed E-state index contributed by atoms with van der Waals surface area (Å²) < 4.78 is 26.0. The Morgan fingerprint density at radius 1 is 0.922 bits per heavy atom. The zero-order valence-corrected chi connectivity index (χ0v) is 31.1. The number of halogens is 1. The van der Waals surface area contributed by atoms with Gasteiger partial charge in [-0.05, 0) is 87.3 Å². The molecule has 0 N–H and O–H groups in total. The highest BCUT2D eigenvalue weighted by molar-refractivity contribution is 14.1. The van der Waals surface area contributed by atoms with Gasteiger partial charge in [-0.2, -0.15) is 0 Å². The first kappa shape index (κ1) is 34.3. The van der Waals surface area contributed by atoms with E-state index in [4.69, 9.17) is 23.9 Å². The number of hydrogen-bond acceptors (Lipinski definition) is 8. The smallest absolute Gasteiger partial charge is 0.338 e. The number of thiazole rings is 1. The van der Waals surface area contributed by atoms with Crippen molar-refractivity contribution in [3.05, 3.63) is 160 Å². The normalized spacial score (nSPS) is 14.2. The fourth-order valence-corrected chi connectivity index (χ4v) is 8.01. The molecule has 0 radical (unpaired) electrons. The van der Waals surface area contributed by atoms with Crippen LogP contribution in [0, 0.1) is 3.57 Å². The standard InChI is InChI=1S/C41H33IN2O6S/c1-4-49-40(46)35-36(27-12-6-5-7-13-27)43-41-44(37(35)28-17-19-30(47-2)20-18-28)39(45)34(51-41)23-25-21-32(42)38(33(22-25)48-3)50-24-29-15-10-14-26-11-8-9-16-31(26)29/h5-23,37H,4,24H2,1-3H3/b34-23-/t37-/m1/s1. The molecule has 7 rings (SSSR count). The second-order valence-corrected chi connectivity index (χ2v) is 13.8. The van der Waals surface area contributed by atoms with Gasteiger partial charge in [-0.3, -0.25) is 9.36 Å². The average Bonchev–Trinajstić information content (AvgIpc) is 3.47. The Hall–Kier alpha value is -5.20. The summed E-state index contributed by atoms with van der Waals surface area (Å²) in [4.78, 5) is 33.5. The Morgan fingerprint density at radius 3 is 2.41 bits per heavy atom. The summed E-state index contributed by atoms with van der Waals surface area (Å²) in [6.45, 7) is 2.30. The first-order valence-corrected chi connectivity index (χ1v) is 18.2. The van der Waals surface area contributed by atoms with Crippen LogP contribution in [0.15, 0.2) is 125 Å². The zero-order chi connectivity index (χ0) is 35.5. The van der Waals surface area contributed by atoms with E-state index in [-0.39, 0.29) is 17.7 Å². The van der Waals surface area contributed by atoms with Crippen LogP contribution >= 0.6 is 33.9 Å². The van der Waals surface area contributed by atoms with E-state index in [9.17, 15) is 9.59 Å². The van der Waals surface area contributed by atoms with Crippen molar-refractivity contribution >= 4 is 62.4 Å². The molecule has 0 aliphatic carbocycles. The molecule has 0 unspecified atom stereocenters. The zero-order valence-electron chi connectivity index (χ0n) is 28.1. The van der Waals surface area contributed by atoms with Gasteiger partial charge in [0, 0.05) is 5.56 Å². The quantitative estimate of drug-likeness (QED) is 0.107. The lowest BCUT2D eigenvalue weighted by molar-refractivity contribution is -0.138. The maximum Gasteiger partial charge on any atom is 0.338 e. The second kappa shape index (κ2) is 15.0. The largest absolute Gasteiger partial charge is 0.497 e. The Morgan fingerprint density at radius 2 is 1.67 bits per heavy atom. The number of carbonyl (C=O) groups excluding carboxylic acids is 1. The van der Waals surface area contributed by atoms with Crippen LogP contribution in [0.5, 0.6) is 17.2 Å². The monoisotopic (exact) mass is 808 g/mol. The van der Waals surface area contributed by atoms with Gasteiger partial charge in [0.25, 0.3) is 5.56 Å². The van der Waals surface area contributed by atoms with Crippen molar-refractivity contribution in [2.24, 2.45) is 4.99 Å². The summed E-state index contributed by atoms with van der Waals surface area (Å²) in [5, 5.41) is 2.28. The lowest BCUT2D eigenvalue weighted by atomic mass is 9.93. The molecule has 0 amide bonds. The third-order valence-electron chi connectivity index (χ3n) is 8.61. The second-order valence-electron chi connectivity index (χ2n) is 11.7. The van der Waals surface area contributed by atoms with Crippen LogP contribution < -0.4 is 29.1 Å². The van der Waals surface area contributed by atoms with Gasteiger partial charge in [0.1, 0.15) is 12.4 Å². The predicted molar refractivity (Wildman–Crippen MR) is 208 cm³/mol. The highest BCUT2D eigenvalue weighted by Gasteiger charge is 2.35. The van der Waals surface area contributed by atoms with E-state index in [1.807, 2.05) is 91.0 Å². The number of hydrogen-bond donors (Lipinski definition) is 0. The highest BCUT2D eigenvalue weighted by atomic mass is 127. The van der Waals surface area contributed by atoms with Crippen molar-refractivity contribution in [1.29, 1.82) is 0 Å². The van der Waals surface area contributed by atoms with Crippen molar-refractivity contribution in [3.63, 3.8) is 0 Å². The molecule has 256 valence electrons. The molecular weight excluding hydrogens is 775 g/mol. The maximum atomic E-state index is 14.4. The molecule has 5 aromatic carbocycles. The number of rotatable bonds is 10. The van der Waals surface area contributed by atoms with Crippen LogP contribution in [-0.2, 0) is 16.1 Å². The maximum absolute atomic E-state index is 14.4. The summed E-state index contributed by atoms with van der Waals surface area (Å²) in [7, 11) is 3.19. The molecule has 2 heterocycles. The topological polar surface area (TPSA) is 88.4 Å². The minimum atomic E-state index is -0.789. The molecule has 8 nitrogen and oxygen atoms in total. The van der Waals surface area contributed by atoms with Crippen molar-refractivity contribution in [3.8, 4) is 17.2 Å². The number of fused-ring (bicyclic) bond motifs is 2. The van der Waals surface area contributed by atoms with Gasteiger partial charge in [-0.1, -0.05) is 96.3 Å². The molecule has 0 bridgehead atoms. The average molecular weight is 809 g/mol. The number of aromatic nitrogens is 1. The van der Waals surface area contributed by atoms with Gasteiger partial charge in [0.2, 0.25) is 0 Å². The molecule has 0 spiro atoms. The van der Waals surface area contributed by atoms with E-state index >= 15 is 0 Å². The van der Waals surface area contributed by atoms with Crippen LogP contribution in [0.2, 0.25) is 0 Å². The molecule has 0 fully saturated rings. The fraction of sp³-hybridized carbons (Fsp3) is 0.146. The lowest BCUT2D eigenvalue weighted by Gasteiger charge is -2.26. The van der Waals surface area contributed by atoms with Crippen molar-refractivity contribution in [2.45, 2.75) is 19.6 Å². The van der Waals surface area contributed by atoms with E-state index in [0.29, 0.717) is 38.9 Å². The van der Waals surface area contributed by atoms with Crippen LogP contribution in [-0.4, -0.2) is 31.4 Å². The molecule has 6 aromatic rings. The van der Waals surface area contributed by atoms with E-state index in [2.05, 4.69) is 46.9 Å². The summed E-state index contributed by atoms with van der Waals surface area (Å²) in [6.07, 6.45) is 1.82.